The molecule has 1 aromatic carbocycles. The molecule has 140 valence electrons. The number of carbonyl (C=O) groups excluding carboxylic acids is 1. The maximum absolute atomic E-state index is 12.9. The lowest BCUT2D eigenvalue weighted by molar-refractivity contribution is -0.274. The second-order valence-electron chi connectivity index (χ2n) is 6.26. The number of nitrogens with one attached hydrogen (secondary N) is 1. The summed E-state index contributed by atoms with van der Waals surface area (Å²) in [6, 6.07) is 4.52. The molecule has 1 aliphatic rings. The van der Waals surface area contributed by atoms with E-state index in [4.69, 9.17) is 0 Å². The molecule has 1 saturated carbocycles. The lowest BCUT2D eigenvalue weighted by Gasteiger charge is -2.42. The fraction of sp³-hybridized carbons (Fsp3) is 0.562. The van der Waals surface area contributed by atoms with Crippen molar-refractivity contribution in [3.05, 3.63) is 29.8 Å². The molecule has 1 fully saturated rings. The maximum Gasteiger partial charge on any atom is 0.573 e. The first-order chi connectivity index (χ1) is 11.4. The van der Waals surface area contributed by atoms with Crippen molar-refractivity contribution in [2.24, 2.45) is 0 Å². The summed E-state index contributed by atoms with van der Waals surface area (Å²) in [6.07, 6.45) is -6.52. The summed E-state index contributed by atoms with van der Waals surface area (Å²) in [6.45, 7) is 1.70. The van der Waals surface area contributed by atoms with Gasteiger partial charge in [-0.2, -0.15) is 0 Å². The second kappa shape index (κ2) is 6.78. The molecule has 2 N–H and O–H groups in total. The molecule has 4 nitrogen and oxygen atoms in total. The second-order valence-corrected chi connectivity index (χ2v) is 6.26. The number of amides is 1. The van der Waals surface area contributed by atoms with Gasteiger partial charge in [-0.1, -0.05) is 19.1 Å². The predicted molar refractivity (Wildman–Crippen MR) is 78.0 cm³/mol. The summed E-state index contributed by atoms with van der Waals surface area (Å²) < 4.78 is 66.4. The number of hydrogen-bond donors (Lipinski definition) is 2. The molecule has 0 aliphatic heterocycles. The highest BCUT2D eigenvalue weighted by Gasteiger charge is 2.56. The van der Waals surface area contributed by atoms with Gasteiger partial charge in [-0.05, 0) is 24.1 Å². The molecule has 1 amide bonds. The van der Waals surface area contributed by atoms with Crippen LogP contribution in [0.5, 0.6) is 5.75 Å². The van der Waals surface area contributed by atoms with Gasteiger partial charge in [0.25, 0.3) is 5.92 Å². The van der Waals surface area contributed by atoms with Gasteiger partial charge in [-0.3, -0.25) is 4.79 Å². The highest BCUT2D eigenvalue weighted by atomic mass is 19.4. The van der Waals surface area contributed by atoms with Gasteiger partial charge in [0.15, 0.2) is 0 Å². The first-order valence-corrected chi connectivity index (χ1v) is 7.67. The van der Waals surface area contributed by atoms with Crippen LogP contribution in [0.3, 0.4) is 0 Å². The van der Waals surface area contributed by atoms with Crippen molar-refractivity contribution in [2.45, 2.75) is 56.5 Å². The Kier molecular flexibility index (Phi) is 5.27. The van der Waals surface area contributed by atoms with Crippen LogP contribution >= 0.6 is 0 Å². The van der Waals surface area contributed by atoms with Crippen LogP contribution in [0.15, 0.2) is 24.3 Å². The van der Waals surface area contributed by atoms with E-state index in [9.17, 15) is 31.9 Å². The zero-order chi connectivity index (χ0) is 18.9. The van der Waals surface area contributed by atoms with Crippen molar-refractivity contribution in [1.29, 1.82) is 0 Å². The Morgan fingerprint density at radius 2 is 2.00 bits per heavy atom. The summed E-state index contributed by atoms with van der Waals surface area (Å²) in [7, 11) is 0. The van der Waals surface area contributed by atoms with Gasteiger partial charge in [0.2, 0.25) is 5.91 Å². The summed E-state index contributed by atoms with van der Waals surface area (Å²) in [5, 5.41) is 12.4. The van der Waals surface area contributed by atoms with Crippen LogP contribution < -0.4 is 10.1 Å². The topological polar surface area (TPSA) is 58.6 Å². The zero-order valence-electron chi connectivity index (χ0n) is 13.4. The number of rotatable bonds is 6. The van der Waals surface area contributed by atoms with Crippen LogP contribution in [0.1, 0.15) is 44.2 Å². The maximum atomic E-state index is 12.9. The van der Waals surface area contributed by atoms with Crippen molar-refractivity contribution in [3.63, 3.8) is 0 Å². The zero-order valence-corrected chi connectivity index (χ0v) is 13.4. The quantitative estimate of drug-likeness (QED) is 0.754. The molecule has 0 radical (unpaired) electrons. The first-order valence-electron chi connectivity index (χ1n) is 7.67. The Hall–Kier alpha value is -1.90. The van der Waals surface area contributed by atoms with E-state index in [1.54, 1.807) is 6.92 Å². The minimum atomic E-state index is -4.83. The van der Waals surface area contributed by atoms with Gasteiger partial charge in [-0.15, -0.1) is 13.2 Å². The number of benzene rings is 1. The van der Waals surface area contributed by atoms with E-state index < -0.39 is 54.8 Å². The van der Waals surface area contributed by atoms with Crippen molar-refractivity contribution in [3.8, 4) is 5.75 Å². The molecule has 9 heteroatoms. The number of aliphatic hydroxyl groups is 1. The molecule has 0 spiro atoms. The Morgan fingerprint density at radius 1 is 1.36 bits per heavy atom. The summed E-state index contributed by atoms with van der Waals surface area (Å²) in [5.41, 5.74) is -1.36. The number of ether oxygens (including phenoxy) is 1. The SMILES string of the molecule is CC[C@H](NC(=O)CC1(O)CC(F)(F)C1)c1cccc(OC(F)(F)F)c1. The molecule has 0 bridgehead atoms. The number of alkyl halides is 5. The average molecular weight is 367 g/mol. The van der Waals surface area contributed by atoms with Crippen LogP contribution in [-0.4, -0.2) is 28.9 Å². The van der Waals surface area contributed by atoms with Gasteiger partial charge >= 0.3 is 6.36 Å². The van der Waals surface area contributed by atoms with Gasteiger partial charge in [0.05, 0.1) is 18.1 Å². The minimum absolute atomic E-state index is 0.357. The van der Waals surface area contributed by atoms with Crippen molar-refractivity contribution >= 4 is 5.91 Å². The molecule has 25 heavy (non-hydrogen) atoms. The van der Waals surface area contributed by atoms with E-state index in [1.807, 2.05) is 0 Å². The van der Waals surface area contributed by atoms with Gasteiger partial charge in [0, 0.05) is 12.8 Å². The Labute approximate surface area is 141 Å². The molecule has 1 atom stereocenters. The Morgan fingerprint density at radius 3 is 2.52 bits per heavy atom. The standard InChI is InChI=1S/C16H18F5NO3/c1-2-12(10-4-3-5-11(6-10)25-16(19,20)21)22-13(23)7-14(24)8-15(17,18)9-14/h3-6,12,24H,2,7-9H2,1H3,(H,22,23)/t12-/m0/s1. The Balaban J connectivity index is 2.00. The predicted octanol–water partition coefficient (Wildman–Crippen LogP) is 3.70. The molecule has 0 heterocycles. The number of halogens is 5. The third-order valence-electron chi connectivity index (χ3n) is 3.90. The highest BCUT2D eigenvalue weighted by molar-refractivity contribution is 5.77. The largest absolute Gasteiger partial charge is 0.573 e. The van der Waals surface area contributed by atoms with E-state index in [2.05, 4.69) is 10.1 Å². The molecule has 2 rings (SSSR count). The smallest absolute Gasteiger partial charge is 0.406 e. The number of hydrogen-bond acceptors (Lipinski definition) is 3. The van der Waals surface area contributed by atoms with E-state index in [0.29, 0.717) is 12.0 Å². The molecular formula is C16H18F5NO3. The molecule has 1 aliphatic carbocycles. The molecular weight excluding hydrogens is 349 g/mol. The van der Waals surface area contributed by atoms with Crippen LogP contribution in [0.25, 0.3) is 0 Å². The lowest BCUT2D eigenvalue weighted by Crippen LogP contribution is -2.54. The van der Waals surface area contributed by atoms with Gasteiger partial charge in [0.1, 0.15) is 5.75 Å². The van der Waals surface area contributed by atoms with Crippen LogP contribution in [0, 0.1) is 0 Å². The van der Waals surface area contributed by atoms with Gasteiger partial charge < -0.3 is 15.2 Å². The van der Waals surface area contributed by atoms with Crippen LogP contribution in [-0.2, 0) is 4.79 Å². The highest BCUT2D eigenvalue weighted by Crippen LogP contribution is 2.47. The van der Waals surface area contributed by atoms with Crippen LogP contribution in [0.4, 0.5) is 22.0 Å². The van der Waals surface area contributed by atoms with E-state index in [1.165, 1.54) is 12.1 Å². The molecule has 0 aromatic heterocycles. The van der Waals surface area contributed by atoms with Crippen molar-refractivity contribution < 1.29 is 36.6 Å². The van der Waals surface area contributed by atoms with Crippen molar-refractivity contribution in [1.82, 2.24) is 5.32 Å². The summed E-state index contributed by atoms with van der Waals surface area (Å²) in [4.78, 5) is 12.0. The van der Waals surface area contributed by atoms with E-state index in [-0.39, 0.29) is 0 Å². The lowest BCUT2D eigenvalue weighted by atomic mass is 9.74. The average Bonchev–Trinajstić information content (AvgIpc) is 2.40. The molecule has 0 unspecified atom stereocenters. The van der Waals surface area contributed by atoms with E-state index >= 15 is 0 Å². The third-order valence-corrected chi connectivity index (χ3v) is 3.90. The third kappa shape index (κ3) is 5.55. The van der Waals surface area contributed by atoms with Crippen LogP contribution in [0.2, 0.25) is 0 Å². The molecule has 1 aromatic rings. The first kappa shape index (κ1) is 19.4. The fourth-order valence-corrected chi connectivity index (χ4v) is 2.93. The monoisotopic (exact) mass is 367 g/mol. The normalized spacial score (nSPS) is 19.6. The fourth-order valence-electron chi connectivity index (χ4n) is 2.93. The Bertz CT molecular complexity index is 624. The minimum Gasteiger partial charge on any atom is -0.406 e. The summed E-state index contributed by atoms with van der Waals surface area (Å²) in [5.74, 6) is -4.04. The molecule has 0 saturated heterocycles. The van der Waals surface area contributed by atoms with E-state index in [0.717, 1.165) is 12.1 Å². The number of carbonyl (C=O) groups is 1. The summed E-state index contributed by atoms with van der Waals surface area (Å²) >= 11 is 0. The van der Waals surface area contributed by atoms with Gasteiger partial charge in [-0.25, -0.2) is 8.78 Å². The van der Waals surface area contributed by atoms with Crippen molar-refractivity contribution in [2.75, 3.05) is 0 Å².